The molecule has 1 saturated heterocycles. The molecule has 1 aliphatic rings. The Morgan fingerprint density at radius 2 is 1.72 bits per heavy atom. The van der Waals surface area contributed by atoms with E-state index in [1.165, 1.54) is 4.90 Å². The lowest BCUT2D eigenvalue weighted by Gasteiger charge is -2.37. The van der Waals surface area contributed by atoms with Crippen molar-refractivity contribution in [3.8, 4) is 28.8 Å². The van der Waals surface area contributed by atoms with Crippen molar-refractivity contribution < 1.29 is 32.6 Å². The summed E-state index contributed by atoms with van der Waals surface area (Å²) in [5.41, 5.74) is 3.31. The molecule has 0 bridgehead atoms. The second-order valence-electron chi connectivity index (χ2n) is 13.1. The number of carbonyl (C=O) groups is 3. The second-order valence-corrected chi connectivity index (χ2v) is 15.3. The van der Waals surface area contributed by atoms with Crippen LogP contribution in [0, 0.1) is 18.8 Å². The van der Waals surface area contributed by atoms with E-state index < -0.39 is 51.2 Å². The highest BCUT2D eigenvalue weighted by molar-refractivity contribution is 7.91. The number of hydrogen-bond acceptors (Lipinski definition) is 8. The third kappa shape index (κ3) is 8.89. The number of ether oxygens (including phenoxy) is 1. The van der Waals surface area contributed by atoms with E-state index in [0.29, 0.717) is 33.6 Å². The SMILES string of the molecule is Cc1ccc(O)c(-c2nn(C)cc2C#Cc2ccc(NC(=O)[C@@H]3CS(=O)(=O)CCN3C(=O)[C@@H](NC(=O)OC(C)(C)C)c3ccccc3)cc2)c1. The molecule has 4 aromatic rings. The topological polar surface area (TPSA) is 160 Å². The Labute approximate surface area is 291 Å². The fraction of sp³-hybridized carbons (Fsp3) is 0.297. The van der Waals surface area contributed by atoms with Crippen LogP contribution in [0.3, 0.4) is 0 Å². The third-order valence-electron chi connectivity index (χ3n) is 7.79. The van der Waals surface area contributed by atoms with Gasteiger partial charge in [0, 0.05) is 36.6 Å². The maximum absolute atomic E-state index is 14.0. The molecule has 2 heterocycles. The van der Waals surface area contributed by atoms with Crippen molar-refractivity contribution in [3.63, 3.8) is 0 Å². The zero-order chi connectivity index (χ0) is 36.2. The van der Waals surface area contributed by atoms with Gasteiger partial charge in [-0.15, -0.1) is 0 Å². The number of anilines is 1. The first-order chi connectivity index (χ1) is 23.6. The summed E-state index contributed by atoms with van der Waals surface area (Å²) < 4.78 is 32.4. The molecule has 1 aromatic heterocycles. The first-order valence-corrected chi connectivity index (χ1v) is 17.7. The summed E-state index contributed by atoms with van der Waals surface area (Å²) in [6, 6.07) is 17.8. The van der Waals surface area contributed by atoms with Gasteiger partial charge < -0.3 is 25.4 Å². The normalized spacial score (nSPS) is 16.0. The van der Waals surface area contributed by atoms with Crippen molar-refractivity contribution in [2.75, 3.05) is 23.4 Å². The molecular weight excluding hydrogens is 659 g/mol. The van der Waals surface area contributed by atoms with Gasteiger partial charge in [0.2, 0.25) is 5.91 Å². The average Bonchev–Trinajstić information content (AvgIpc) is 3.43. The molecule has 1 fully saturated rings. The predicted octanol–water partition coefficient (Wildman–Crippen LogP) is 4.33. The number of sulfone groups is 1. The number of aryl methyl sites for hydroxylation is 2. The second kappa shape index (κ2) is 14.5. The minimum absolute atomic E-state index is 0.0957. The van der Waals surface area contributed by atoms with Crippen LogP contribution in [0.25, 0.3) is 11.3 Å². The first-order valence-electron chi connectivity index (χ1n) is 15.9. The maximum atomic E-state index is 14.0. The number of nitrogens with zero attached hydrogens (tertiary/aromatic N) is 3. The number of rotatable bonds is 6. The predicted molar refractivity (Wildman–Crippen MR) is 189 cm³/mol. The molecule has 0 saturated carbocycles. The van der Waals surface area contributed by atoms with Crippen LogP contribution in [0.5, 0.6) is 5.75 Å². The molecule has 3 amide bonds. The fourth-order valence-corrected chi connectivity index (χ4v) is 6.89. The summed E-state index contributed by atoms with van der Waals surface area (Å²) >= 11 is 0. The smallest absolute Gasteiger partial charge is 0.408 e. The molecule has 3 N–H and O–H groups in total. The van der Waals surface area contributed by atoms with Gasteiger partial charge in [-0.3, -0.25) is 14.3 Å². The molecule has 0 unspecified atom stereocenters. The maximum Gasteiger partial charge on any atom is 0.408 e. The number of aromatic nitrogens is 2. The zero-order valence-electron chi connectivity index (χ0n) is 28.4. The van der Waals surface area contributed by atoms with Gasteiger partial charge in [-0.2, -0.15) is 5.10 Å². The minimum Gasteiger partial charge on any atom is -0.507 e. The Morgan fingerprint density at radius 1 is 1.02 bits per heavy atom. The number of alkyl carbamates (subject to hydrolysis) is 1. The number of benzene rings is 3. The zero-order valence-corrected chi connectivity index (χ0v) is 29.2. The van der Waals surface area contributed by atoms with E-state index in [0.717, 1.165) is 5.56 Å². The number of nitrogens with one attached hydrogen (secondary N) is 2. The Hall–Kier alpha value is -5.61. The van der Waals surface area contributed by atoms with Gasteiger partial charge in [-0.1, -0.05) is 53.8 Å². The Kier molecular flexibility index (Phi) is 10.3. The molecule has 0 aliphatic carbocycles. The molecular formula is C37H39N5O7S. The lowest BCUT2D eigenvalue weighted by molar-refractivity contribution is -0.139. The number of hydrogen-bond donors (Lipinski definition) is 3. The number of carbonyl (C=O) groups excluding carboxylic acids is 3. The highest BCUT2D eigenvalue weighted by Crippen LogP contribution is 2.31. The van der Waals surface area contributed by atoms with Crippen LogP contribution in [0.4, 0.5) is 10.5 Å². The molecule has 260 valence electrons. The first kappa shape index (κ1) is 35.7. The summed E-state index contributed by atoms with van der Waals surface area (Å²) in [6.07, 6.45) is 0.927. The van der Waals surface area contributed by atoms with Crippen molar-refractivity contribution in [1.29, 1.82) is 0 Å². The van der Waals surface area contributed by atoms with Crippen LogP contribution < -0.4 is 10.6 Å². The van der Waals surface area contributed by atoms with Crippen LogP contribution in [-0.2, 0) is 31.2 Å². The summed E-state index contributed by atoms with van der Waals surface area (Å²) in [5.74, 6) is 4.04. The number of aromatic hydroxyl groups is 1. The van der Waals surface area contributed by atoms with E-state index in [4.69, 9.17) is 4.74 Å². The molecule has 5 rings (SSSR count). The quantitative estimate of drug-likeness (QED) is 0.251. The number of phenols is 1. The molecule has 50 heavy (non-hydrogen) atoms. The van der Waals surface area contributed by atoms with E-state index in [1.807, 2.05) is 13.0 Å². The summed E-state index contributed by atoms with van der Waals surface area (Å²) in [5, 5.41) is 20.2. The molecule has 3 aromatic carbocycles. The molecule has 12 nitrogen and oxygen atoms in total. The van der Waals surface area contributed by atoms with Gasteiger partial charge in [-0.05, 0) is 69.7 Å². The van der Waals surface area contributed by atoms with E-state index >= 15 is 0 Å². The van der Waals surface area contributed by atoms with Crippen LogP contribution in [0.1, 0.15) is 49.1 Å². The molecule has 2 atom stereocenters. The number of phenolic OH excluding ortho intramolecular Hbond substituents is 1. The van der Waals surface area contributed by atoms with Gasteiger partial charge >= 0.3 is 6.09 Å². The fourth-order valence-electron chi connectivity index (χ4n) is 5.43. The van der Waals surface area contributed by atoms with Gasteiger partial charge in [-0.25, -0.2) is 13.2 Å². The van der Waals surface area contributed by atoms with Crippen LogP contribution in [0.15, 0.2) is 79.0 Å². The van der Waals surface area contributed by atoms with Gasteiger partial charge in [0.15, 0.2) is 9.84 Å². The van der Waals surface area contributed by atoms with Crippen LogP contribution in [-0.4, -0.2) is 75.8 Å². The lowest BCUT2D eigenvalue weighted by Crippen LogP contribution is -2.58. The van der Waals surface area contributed by atoms with Crippen molar-refractivity contribution >= 4 is 33.4 Å². The van der Waals surface area contributed by atoms with E-state index in [-0.39, 0.29) is 18.0 Å². The van der Waals surface area contributed by atoms with Crippen molar-refractivity contribution in [2.24, 2.45) is 7.05 Å². The average molecular weight is 698 g/mol. The van der Waals surface area contributed by atoms with E-state index in [1.54, 1.807) is 105 Å². The minimum atomic E-state index is -3.65. The Morgan fingerprint density at radius 3 is 2.40 bits per heavy atom. The summed E-state index contributed by atoms with van der Waals surface area (Å²) in [7, 11) is -1.88. The van der Waals surface area contributed by atoms with E-state index in [2.05, 4.69) is 27.6 Å². The lowest BCUT2D eigenvalue weighted by atomic mass is 10.0. The van der Waals surface area contributed by atoms with Crippen LogP contribution >= 0.6 is 0 Å². The molecule has 0 spiro atoms. The highest BCUT2D eigenvalue weighted by Gasteiger charge is 2.42. The highest BCUT2D eigenvalue weighted by atomic mass is 32.2. The third-order valence-corrected chi connectivity index (χ3v) is 9.42. The Balaban J connectivity index is 1.35. The largest absolute Gasteiger partial charge is 0.507 e. The van der Waals surface area contributed by atoms with Crippen molar-refractivity contribution in [2.45, 2.75) is 45.4 Å². The Bertz CT molecular complexity index is 2080. The number of amides is 3. The summed E-state index contributed by atoms with van der Waals surface area (Å²) in [4.78, 5) is 41.6. The van der Waals surface area contributed by atoms with Crippen LogP contribution in [0.2, 0.25) is 0 Å². The van der Waals surface area contributed by atoms with Gasteiger partial charge in [0.05, 0.1) is 17.1 Å². The monoisotopic (exact) mass is 697 g/mol. The van der Waals surface area contributed by atoms with Gasteiger partial charge in [0.25, 0.3) is 5.91 Å². The molecule has 0 radical (unpaired) electrons. The van der Waals surface area contributed by atoms with Crippen molar-refractivity contribution in [3.05, 3.63) is 101 Å². The standard InChI is InChI=1S/C37H39N5O7S/c1-24-11-18-31(43)29(21-24)32-27(22-41(5)40-32)15-12-25-13-16-28(17-14-25)38-34(44)30-23-50(47,48)20-19-42(30)35(45)33(26-9-7-6-8-10-26)39-36(46)49-37(2,3)4/h6-11,13-14,16-18,21-22,30,33,43H,19-20,23H2,1-5H3,(H,38,44)(H,39,46)/t30-,33-/m0/s1. The molecule has 1 aliphatic heterocycles. The van der Waals surface area contributed by atoms with Crippen molar-refractivity contribution in [1.82, 2.24) is 20.0 Å². The van der Waals surface area contributed by atoms with Gasteiger partial charge in [0.1, 0.15) is 29.1 Å². The molecule has 13 heteroatoms. The van der Waals surface area contributed by atoms with E-state index in [9.17, 15) is 27.9 Å². The summed E-state index contributed by atoms with van der Waals surface area (Å²) in [6.45, 7) is 6.76.